The molecule has 0 aliphatic heterocycles. The normalized spacial score (nSPS) is 11.4. The first-order valence-corrected chi connectivity index (χ1v) is 8.22. The van der Waals surface area contributed by atoms with E-state index in [1.807, 2.05) is 19.1 Å². The summed E-state index contributed by atoms with van der Waals surface area (Å²) < 4.78 is 5.02. The lowest BCUT2D eigenvalue weighted by Crippen LogP contribution is -2.35. The predicted molar refractivity (Wildman–Crippen MR) is 86.5 cm³/mol. The lowest BCUT2D eigenvalue weighted by molar-refractivity contribution is 0.424. The molecule has 110 valence electrons. The van der Waals surface area contributed by atoms with E-state index < -0.39 is 0 Å². The fourth-order valence-corrected chi connectivity index (χ4v) is 3.31. The van der Waals surface area contributed by atoms with Crippen LogP contribution in [0.5, 0.6) is 0 Å². The van der Waals surface area contributed by atoms with Gasteiger partial charge in [-0.2, -0.15) is 9.64 Å². The molecule has 2 aromatic rings. The summed E-state index contributed by atoms with van der Waals surface area (Å²) in [5.41, 5.74) is 1.85. The van der Waals surface area contributed by atoms with Gasteiger partial charge in [-0.05, 0) is 56.9 Å². The molecule has 0 fully saturated rings. The summed E-state index contributed by atoms with van der Waals surface area (Å²) in [5.74, 6) is 0.770. The van der Waals surface area contributed by atoms with Gasteiger partial charge in [-0.15, -0.1) is 0 Å². The van der Waals surface area contributed by atoms with E-state index in [1.165, 1.54) is 23.3 Å². The van der Waals surface area contributed by atoms with E-state index >= 15 is 0 Å². The second-order valence-corrected chi connectivity index (χ2v) is 7.80. The molecular weight excluding hydrogens is 300 g/mol. The third kappa shape index (κ3) is 4.81. The third-order valence-electron chi connectivity index (χ3n) is 2.69. The van der Waals surface area contributed by atoms with Gasteiger partial charge in [-0.1, -0.05) is 17.8 Å². The molecule has 0 saturated heterocycles. The van der Waals surface area contributed by atoms with Gasteiger partial charge in [-0.3, -0.25) is 0 Å². The van der Waals surface area contributed by atoms with E-state index in [4.69, 9.17) is 0 Å². The number of nitrogens with one attached hydrogen (secondary N) is 1. The maximum absolute atomic E-state index is 9.34. The summed E-state index contributed by atoms with van der Waals surface area (Å²) >= 11 is 2.86. The maximum Gasteiger partial charge on any atom is 0.174 e. The summed E-state index contributed by atoms with van der Waals surface area (Å²) in [5, 5.41) is 12.8. The summed E-state index contributed by atoms with van der Waals surface area (Å²) in [6.45, 7) is 8.99. The Balaban J connectivity index is 2.15. The second kappa shape index (κ2) is 6.56. The van der Waals surface area contributed by atoms with Crippen LogP contribution in [-0.2, 0) is 6.54 Å². The molecule has 0 radical (unpaired) electrons. The van der Waals surface area contributed by atoms with Crippen LogP contribution >= 0.6 is 23.3 Å². The van der Waals surface area contributed by atoms with Gasteiger partial charge >= 0.3 is 0 Å². The fraction of sp³-hybridized carbons (Fsp3) is 0.400. The quantitative estimate of drug-likeness (QED) is 0.930. The van der Waals surface area contributed by atoms with Gasteiger partial charge in [0.25, 0.3) is 0 Å². The van der Waals surface area contributed by atoms with Crippen molar-refractivity contribution in [1.29, 1.82) is 5.26 Å². The standard InChI is InChI=1S/C15H18N4S2/c1-10-18-14(21-19-10)20-13-6-5-11(7-12(13)8-16)9-17-15(2,3)4/h5-7,17H,9H2,1-4H3. The molecule has 1 aromatic heterocycles. The lowest BCUT2D eigenvalue weighted by atomic mass is 10.1. The van der Waals surface area contributed by atoms with Crippen LogP contribution in [-0.4, -0.2) is 14.9 Å². The first-order valence-electron chi connectivity index (χ1n) is 6.63. The summed E-state index contributed by atoms with van der Waals surface area (Å²) in [4.78, 5) is 5.25. The number of hydrogen-bond acceptors (Lipinski definition) is 6. The number of nitrogens with zero attached hydrogens (tertiary/aromatic N) is 3. The Bertz CT molecular complexity index is 665. The Morgan fingerprint density at radius 1 is 1.38 bits per heavy atom. The SMILES string of the molecule is Cc1nsc(Sc2ccc(CNC(C)(C)C)cc2C#N)n1. The molecule has 2 rings (SSSR count). The molecule has 1 N–H and O–H groups in total. The van der Waals surface area contributed by atoms with Gasteiger partial charge in [0.2, 0.25) is 0 Å². The van der Waals surface area contributed by atoms with Gasteiger partial charge in [-0.25, -0.2) is 4.98 Å². The Morgan fingerprint density at radius 2 is 2.14 bits per heavy atom. The number of benzene rings is 1. The van der Waals surface area contributed by atoms with Crippen molar-refractivity contribution in [3.05, 3.63) is 35.2 Å². The Labute approximate surface area is 133 Å². The highest BCUT2D eigenvalue weighted by molar-refractivity contribution is 8.01. The van der Waals surface area contributed by atoms with Crippen molar-refractivity contribution in [3.63, 3.8) is 0 Å². The highest BCUT2D eigenvalue weighted by Gasteiger charge is 2.11. The lowest BCUT2D eigenvalue weighted by Gasteiger charge is -2.20. The molecule has 0 atom stereocenters. The smallest absolute Gasteiger partial charge is 0.174 e. The molecule has 0 spiro atoms. The number of aryl methyl sites for hydroxylation is 1. The Morgan fingerprint density at radius 3 is 2.71 bits per heavy atom. The van der Waals surface area contributed by atoms with E-state index in [9.17, 15) is 5.26 Å². The largest absolute Gasteiger partial charge is 0.308 e. The molecule has 1 heterocycles. The van der Waals surface area contributed by atoms with Crippen LogP contribution in [0.15, 0.2) is 27.4 Å². The second-order valence-electron chi connectivity index (χ2n) is 5.76. The van der Waals surface area contributed by atoms with Crippen molar-refractivity contribution < 1.29 is 0 Å². The van der Waals surface area contributed by atoms with Crippen molar-refractivity contribution in [3.8, 4) is 6.07 Å². The van der Waals surface area contributed by atoms with E-state index in [1.54, 1.807) is 0 Å². The van der Waals surface area contributed by atoms with Crippen LogP contribution in [0.1, 0.15) is 37.7 Å². The molecule has 0 amide bonds. The fourth-order valence-electron chi connectivity index (χ4n) is 1.64. The van der Waals surface area contributed by atoms with Crippen molar-refractivity contribution in [2.24, 2.45) is 0 Å². The zero-order valence-electron chi connectivity index (χ0n) is 12.6. The van der Waals surface area contributed by atoms with Gasteiger partial charge in [0.15, 0.2) is 4.34 Å². The van der Waals surface area contributed by atoms with Crippen LogP contribution in [0.4, 0.5) is 0 Å². The van der Waals surface area contributed by atoms with E-state index in [-0.39, 0.29) is 5.54 Å². The van der Waals surface area contributed by atoms with Crippen molar-refractivity contribution in [1.82, 2.24) is 14.7 Å². The van der Waals surface area contributed by atoms with Crippen molar-refractivity contribution >= 4 is 23.3 Å². The molecule has 21 heavy (non-hydrogen) atoms. The van der Waals surface area contributed by atoms with Crippen LogP contribution < -0.4 is 5.32 Å². The van der Waals surface area contributed by atoms with E-state index in [2.05, 4.69) is 47.6 Å². The molecule has 6 heteroatoms. The highest BCUT2D eigenvalue weighted by Crippen LogP contribution is 2.31. The van der Waals surface area contributed by atoms with Crippen molar-refractivity contribution in [2.75, 3.05) is 0 Å². The van der Waals surface area contributed by atoms with E-state index in [0.717, 1.165) is 27.2 Å². The Kier molecular flexibility index (Phi) is 4.99. The first-order chi connectivity index (χ1) is 9.87. The van der Waals surface area contributed by atoms with Crippen LogP contribution in [0.3, 0.4) is 0 Å². The molecule has 0 bridgehead atoms. The van der Waals surface area contributed by atoms with Crippen molar-refractivity contribution in [2.45, 2.75) is 49.0 Å². The average molecular weight is 318 g/mol. The Hall–Kier alpha value is -1.42. The van der Waals surface area contributed by atoms with Crippen LogP contribution in [0.25, 0.3) is 0 Å². The molecule has 4 nitrogen and oxygen atoms in total. The van der Waals surface area contributed by atoms with Gasteiger partial charge in [0, 0.05) is 17.0 Å². The topological polar surface area (TPSA) is 61.6 Å². The highest BCUT2D eigenvalue weighted by atomic mass is 32.2. The van der Waals surface area contributed by atoms with Gasteiger partial charge in [0.05, 0.1) is 5.56 Å². The minimum Gasteiger partial charge on any atom is -0.308 e. The molecule has 1 aromatic carbocycles. The zero-order valence-corrected chi connectivity index (χ0v) is 14.2. The monoisotopic (exact) mass is 318 g/mol. The number of rotatable bonds is 4. The number of nitriles is 1. The summed E-state index contributed by atoms with van der Waals surface area (Å²) in [6.07, 6.45) is 0. The summed E-state index contributed by atoms with van der Waals surface area (Å²) in [6, 6.07) is 8.24. The zero-order chi connectivity index (χ0) is 15.5. The molecule has 0 saturated carbocycles. The molecule has 0 aliphatic rings. The third-order valence-corrected chi connectivity index (χ3v) is 4.61. The number of hydrogen-bond donors (Lipinski definition) is 1. The first kappa shape index (κ1) is 16.0. The average Bonchev–Trinajstić information content (AvgIpc) is 2.82. The van der Waals surface area contributed by atoms with Gasteiger partial charge < -0.3 is 5.32 Å². The number of aromatic nitrogens is 2. The molecule has 0 unspecified atom stereocenters. The molecular formula is C15H18N4S2. The molecule has 0 aliphatic carbocycles. The van der Waals surface area contributed by atoms with Crippen LogP contribution in [0.2, 0.25) is 0 Å². The predicted octanol–water partition coefficient (Wildman–Crippen LogP) is 3.76. The minimum atomic E-state index is 0.0598. The van der Waals surface area contributed by atoms with Gasteiger partial charge in [0.1, 0.15) is 11.9 Å². The van der Waals surface area contributed by atoms with E-state index in [0.29, 0.717) is 5.56 Å². The van der Waals surface area contributed by atoms with Crippen LogP contribution in [0, 0.1) is 18.3 Å². The maximum atomic E-state index is 9.34. The summed E-state index contributed by atoms with van der Waals surface area (Å²) in [7, 11) is 0. The minimum absolute atomic E-state index is 0.0598.